The maximum absolute atomic E-state index is 12.9. The minimum absolute atomic E-state index is 0.0213. The molecule has 0 saturated heterocycles. The van der Waals surface area contributed by atoms with Crippen LogP contribution in [0.5, 0.6) is 11.5 Å². The van der Waals surface area contributed by atoms with Gasteiger partial charge in [-0.25, -0.2) is 0 Å². The third kappa shape index (κ3) is 3.33. The van der Waals surface area contributed by atoms with E-state index in [0.29, 0.717) is 22.3 Å². The number of phenols is 2. The standard InChI is InChI=1S/C19H16O6/c1-24-17(22)9-8-15-18(11-2-4-12(20)5-3-11)19(23)14-7-6-13(21)10-16(14)25-15/h2-7,10,20-21H,8-9H2,1H3. The molecule has 0 radical (unpaired) electrons. The fraction of sp³-hybridized carbons (Fsp3) is 0.158. The summed E-state index contributed by atoms with van der Waals surface area (Å²) in [5.41, 5.74) is 0.864. The monoisotopic (exact) mass is 340 g/mol. The smallest absolute Gasteiger partial charge is 0.305 e. The van der Waals surface area contributed by atoms with Crippen molar-refractivity contribution in [2.75, 3.05) is 7.11 Å². The van der Waals surface area contributed by atoms with Crippen LogP contribution in [0.2, 0.25) is 0 Å². The summed E-state index contributed by atoms with van der Waals surface area (Å²) in [4.78, 5) is 24.4. The Bertz CT molecular complexity index is 985. The first-order valence-corrected chi connectivity index (χ1v) is 7.64. The third-order valence-electron chi connectivity index (χ3n) is 3.89. The molecule has 1 heterocycles. The van der Waals surface area contributed by atoms with Crippen LogP contribution in [0, 0.1) is 0 Å². The van der Waals surface area contributed by atoms with E-state index in [9.17, 15) is 19.8 Å². The second-order valence-corrected chi connectivity index (χ2v) is 5.53. The molecule has 0 spiro atoms. The number of benzene rings is 2. The SMILES string of the molecule is COC(=O)CCc1oc2cc(O)ccc2c(=O)c1-c1ccc(O)cc1. The predicted octanol–water partition coefficient (Wildman–Crippen LogP) is 2.98. The molecule has 2 N–H and O–H groups in total. The van der Waals surface area contributed by atoms with Gasteiger partial charge in [0.15, 0.2) is 0 Å². The van der Waals surface area contributed by atoms with Gasteiger partial charge in [-0.2, -0.15) is 0 Å². The van der Waals surface area contributed by atoms with E-state index in [4.69, 9.17) is 4.42 Å². The van der Waals surface area contributed by atoms with E-state index in [2.05, 4.69) is 4.74 Å². The van der Waals surface area contributed by atoms with Gasteiger partial charge in [0, 0.05) is 12.5 Å². The van der Waals surface area contributed by atoms with Crippen LogP contribution in [0.3, 0.4) is 0 Å². The van der Waals surface area contributed by atoms with Gasteiger partial charge in [0.05, 0.1) is 24.5 Å². The fourth-order valence-electron chi connectivity index (χ4n) is 2.64. The number of aromatic hydroxyl groups is 2. The number of methoxy groups -OCH3 is 1. The van der Waals surface area contributed by atoms with E-state index in [1.807, 2.05) is 0 Å². The molecule has 25 heavy (non-hydrogen) atoms. The minimum atomic E-state index is -0.421. The van der Waals surface area contributed by atoms with Gasteiger partial charge < -0.3 is 19.4 Å². The van der Waals surface area contributed by atoms with E-state index >= 15 is 0 Å². The normalized spacial score (nSPS) is 10.8. The van der Waals surface area contributed by atoms with Gasteiger partial charge in [-0.1, -0.05) is 12.1 Å². The van der Waals surface area contributed by atoms with Crippen LogP contribution < -0.4 is 5.43 Å². The lowest BCUT2D eigenvalue weighted by atomic mass is 10.00. The first kappa shape index (κ1) is 16.6. The van der Waals surface area contributed by atoms with Crippen molar-refractivity contribution in [1.29, 1.82) is 0 Å². The van der Waals surface area contributed by atoms with Crippen molar-refractivity contribution >= 4 is 16.9 Å². The molecule has 3 rings (SSSR count). The molecule has 2 aromatic carbocycles. The van der Waals surface area contributed by atoms with Gasteiger partial charge >= 0.3 is 5.97 Å². The highest BCUT2D eigenvalue weighted by Gasteiger charge is 2.18. The van der Waals surface area contributed by atoms with Crippen LogP contribution in [-0.2, 0) is 16.0 Å². The van der Waals surface area contributed by atoms with Gasteiger partial charge in [-0.05, 0) is 29.8 Å². The zero-order valence-corrected chi connectivity index (χ0v) is 13.5. The maximum atomic E-state index is 12.9. The summed E-state index contributed by atoms with van der Waals surface area (Å²) < 4.78 is 10.4. The number of hydrogen-bond acceptors (Lipinski definition) is 6. The van der Waals surface area contributed by atoms with Crippen molar-refractivity contribution in [1.82, 2.24) is 0 Å². The molecule has 6 nitrogen and oxygen atoms in total. The van der Waals surface area contributed by atoms with Gasteiger partial charge in [-0.15, -0.1) is 0 Å². The molecule has 1 aromatic heterocycles. The van der Waals surface area contributed by atoms with Crippen molar-refractivity contribution in [3.05, 3.63) is 58.4 Å². The molecule has 0 fully saturated rings. The molecule has 0 aliphatic rings. The molecule has 0 saturated carbocycles. The molecule has 128 valence electrons. The molecule has 3 aromatic rings. The summed E-state index contributed by atoms with van der Waals surface area (Å²) in [7, 11) is 1.29. The number of esters is 1. The number of rotatable bonds is 4. The second kappa shape index (κ2) is 6.68. The van der Waals surface area contributed by atoms with Crippen LogP contribution in [-0.4, -0.2) is 23.3 Å². The van der Waals surface area contributed by atoms with Crippen molar-refractivity contribution in [3.8, 4) is 22.6 Å². The Morgan fingerprint density at radius 3 is 2.44 bits per heavy atom. The largest absolute Gasteiger partial charge is 0.508 e. The quantitative estimate of drug-likeness (QED) is 0.709. The number of hydrogen-bond donors (Lipinski definition) is 2. The molecule has 0 bridgehead atoms. The molecular weight excluding hydrogens is 324 g/mol. The van der Waals surface area contributed by atoms with Gasteiger partial charge in [0.2, 0.25) is 5.43 Å². The lowest BCUT2D eigenvalue weighted by molar-refractivity contribution is -0.140. The minimum Gasteiger partial charge on any atom is -0.508 e. The Balaban J connectivity index is 2.21. The first-order chi connectivity index (χ1) is 12.0. The Morgan fingerprint density at radius 1 is 1.08 bits per heavy atom. The molecular formula is C19H16O6. The van der Waals surface area contributed by atoms with Gasteiger partial charge in [-0.3, -0.25) is 9.59 Å². The van der Waals surface area contributed by atoms with Crippen LogP contribution in [0.4, 0.5) is 0 Å². The predicted molar refractivity (Wildman–Crippen MR) is 91.6 cm³/mol. The zero-order valence-electron chi connectivity index (χ0n) is 13.5. The van der Waals surface area contributed by atoms with E-state index in [0.717, 1.165) is 0 Å². The van der Waals surface area contributed by atoms with Crippen molar-refractivity contribution < 1.29 is 24.2 Å². The van der Waals surface area contributed by atoms with E-state index in [1.165, 1.54) is 37.4 Å². The summed E-state index contributed by atoms with van der Waals surface area (Å²) in [6.07, 6.45) is 0.221. The lowest BCUT2D eigenvalue weighted by Gasteiger charge is -2.10. The molecule has 6 heteroatoms. The van der Waals surface area contributed by atoms with Crippen LogP contribution in [0.25, 0.3) is 22.1 Å². The van der Waals surface area contributed by atoms with Crippen molar-refractivity contribution in [2.24, 2.45) is 0 Å². The Labute approximate surface area is 142 Å². The highest BCUT2D eigenvalue weighted by Crippen LogP contribution is 2.28. The topological polar surface area (TPSA) is 97.0 Å². The fourth-order valence-corrected chi connectivity index (χ4v) is 2.64. The summed E-state index contributed by atoms with van der Waals surface area (Å²) in [5, 5.41) is 19.4. The highest BCUT2D eigenvalue weighted by atomic mass is 16.5. The Kier molecular flexibility index (Phi) is 4.43. The average molecular weight is 340 g/mol. The van der Waals surface area contributed by atoms with Gasteiger partial charge in [0.1, 0.15) is 22.8 Å². The van der Waals surface area contributed by atoms with Crippen LogP contribution in [0.1, 0.15) is 12.2 Å². The van der Waals surface area contributed by atoms with E-state index in [1.54, 1.807) is 12.1 Å². The first-order valence-electron chi connectivity index (χ1n) is 7.64. The summed E-state index contributed by atoms with van der Waals surface area (Å²) in [6, 6.07) is 10.4. The van der Waals surface area contributed by atoms with Crippen molar-refractivity contribution in [2.45, 2.75) is 12.8 Å². The average Bonchev–Trinajstić information content (AvgIpc) is 2.60. The van der Waals surface area contributed by atoms with Crippen molar-refractivity contribution in [3.63, 3.8) is 0 Å². The number of carbonyl (C=O) groups is 1. The third-order valence-corrected chi connectivity index (χ3v) is 3.89. The number of phenolic OH excluding ortho intramolecular Hbond substituents is 2. The Morgan fingerprint density at radius 2 is 1.76 bits per heavy atom. The zero-order chi connectivity index (χ0) is 18.0. The summed E-state index contributed by atoms with van der Waals surface area (Å²) >= 11 is 0. The molecule has 0 unspecified atom stereocenters. The molecule has 0 atom stereocenters. The van der Waals surface area contributed by atoms with E-state index in [-0.39, 0.29) is 35.4 Å². The number of ether oxygens (including phenoxy) is 1. The number of carbonyl (C=O) groups excluding carboxylic acids is 1. The molecule has 0 amide bonds. The van der Waals surface area contributed by atoms with Crippen LogP contribution in [0.15, 0.2) is 51.7 Å². The summed E-state index contributed by atoms with van der Waals surface area (Å²) in [6.45, 7) is 0. The second-order valence-electron chi connectivity index (χ2n) is 5.53. The maximum Gasteiger partial charge on any atom is 0.305 e. The lowest BCUT2D eigenvalue weighted by Crippen LogP contribution is -2.11. The Hall–Kier alpha value is -3.28. The number of aryl methyl sites for hydroxylation is 1. The van der Waals surface area contributed by atoms with Gasteiger partial charge in [0.25, 0.3) is 0 Å². The van der Waals surface area contributed by atoms with E-state index < -0.39 is 5.97 Å². The van der Waals surface area contributed by atoms with Crippen LogP contribution >= 0.6 is 0 Å². The molecule has 0 aliphatic heterocycles. The highest BCUT2D eigenvalue weighted by molar-refractivity contribution is 5.84. The number of fused-ring (bicyclic) bond motifs is 1. The summed E-state index contributed by atoms with van der Waals surface area (Å²) in [5.74, 6) is -0.0450. The molecule has 0 aliphatic carbocycles.